The molecule has 2 aromatic rings. The Balaban J connectivity index is 2.02. The Morgan fingerprint density at radius 3 is 2.19 bits per heavy atom. The number of carbonyl (C=O) groups excluding carboxylic acids is 2. The normalized spacial score (nSPS) is 10.7. The Bertz CT molecular complexity index is 819. The number of pyridine rings is 1. The summed E-state index contributed by atoms with van der Waals surface area (Å²) in [7, 11) is 3.28. The van der Waals surface area contributed by atoms with Crippen LogP contribution in [0.25, 0.3) is 0 Å². The second kappa shape index (κ2) is 9.28. The molecule has 0 saturated carbocycles. The van der Waals surface area contributed by atoms with Crippen molar-refractivity contribution in [2.24, 2.45) is 0 Å². The van der Waals surface area contributed by atoms with Crippen LogP contribution in [0, 0.1) is 20.8 Å². The van der Waals surface area contributed by atoms with Gasteiger partial charge in [-0.1, -0.05) is 30.3 Å². The van der Waals surface area contributed by atoms with Crippen LogP contribution in [0.4, 0.5) is 0 Å². The van der Waals surface area contributed by atoms with Gasteiger partial charge in [0.1, 0.15) is 6.61 Å². The molecule has 0 aliphatic carbocycles. The maximum absolute atomic E-state index is 12.6. The predicted molar refractivity (Wildman–Crippen MR) is 103 cm³/mol. The van der Waals surface area contributed by atoms with Gasteiger partial charge in [0.25, 0.3) is 0 Å². The molecule has 6 heteroatoms. The van der Waals surface area contributed by atoms with Crippen molar-refractivity contribution >= 4 is 11.9 Å². The molecule has 0 N–H and O–H groups in total. The molecule has 0 unspecified atom stereocenters. The van der Waals surface area contributed by atoms with Crippen molar-refractivity contribution < 1.29 is 19.1 Å². The number of hydrogen-bond donors (Lipinski definition) is 0. The highest BCUT2D eigenvalue weighted by Crippen LogP contribution is 2.21. The zero-order valence-electron chi connectivity index (χ0n) is 16.5. The molecule has 0 atom stereocenters. The summed E-state index contributed by atoms with van der Waals surface area (Å²) >= 11 is 0. The lowest BCUT2D eigenvalue weighted by Gasteiger charge is -2.18. The highest BCUT2D eigenvalue weighted by molar-refractivity contribution is 5.99. The third-order valence-corrected chi connectivity index (χ3v) is 4.40. The van der Waals surface area contributed by atoms with E-state index < -0.39 is 11.9 Å². The van der Waals surface area contributed by atoms with E-state index in [0.717, 1.165) is 6.54 Å². The molecule has 2 rings (SSSR count). The van der Waals surface area contributed by atoms with Crippen LogP contribution < -0.4 is 0 Å². The Hall–Kier alpha value is -2.73. The average molecular weight is 370 g/mol. The topological polar surface area (TPSA) is 68.7 Å². The fraction of sp³-hybridized carbons (Fsp3) is 0.381. The predicted octanol–water partition coefficient (Wildman–Crippen LogP) is 3.08. The molecule has 0 aliphatic rings. The third kappa shape index (κ3) is 5.14. The van der Waals surface area contributed by atoms with E-state index in [1.807, 2.05) is 25.2 Å². The lowest BCUT2D eigenvalue weighted by molar-refractivity contribution is 0.0468. The Morgan fingerprint density at radius 1 is 1.00 bits per heavy atom. The third-order valence-electron chi connectivity index (χ3n) is 4.40. The Morgan fingerprint density at radius 2 is 1.59 bits per heavy atom. The minimum absolute atomic E-state index is 0.252. The molecule has 0 spiro atoms. The fourth-order valence-electron chi connectivity index (χ4n) is 3.08. The number of ether oxygens (including phenoxy) is 2. The summed E-state index contributed by atoms with van der Waals surface area (Å²) in [5, 5.41) is 0. The average Bonchev–Trinajstić information content (AvgIpc) is 2.61. The van der Waals surface area contributed by atoms with Crippen LogP contribution in [0.5, 0.6) is 0 Å². The van der Waals surface area contributed by atoms with Gasteiger partial charge in [0.05, 0.1) is 29.6 Å². The van der Waals surface area contributed by atoms with Gasteiger partial charge in [-0.2, -0.15) is 0 Å². The van der Waals surface area contributed by atoms with E-state index in [-0.39, 0.29) is 6.61 Å². The monoisotopic (exact) mass is 370 g/mol. The van der Waals surface area contributed by atoms with Crippen LogP contribution in [-0.2, 0) is 16.0 Å². The van der Waals surface area contributed by atoms with Gasteiger partial charge in [-0.25, -0.2) is 9.59 Å². The number of rotatable bonds is 7. The number of benzene rings is 1. The molecular weight excluding hydrogens is 344 g/mol. The Kier molecular flexibility index (Phi) is 7.07. The Labute approximate surface area is 160 Å². The van der Waals surface area contributed by atoms with Crippen LogP contribution in [0.1, 0.15) is 43.2 Å². The standard InChI is InChI=1S/C21H26N2O4/c1-14-18(20(24)26-5)15(2)22-16(3)19(14)21(25)27-12-11-23(4)13-17-9-7-6-8-10-17/h6-10H,11-13H2,1-5H3. The van der Waals surface area contributed by atoms with E-state index in [2.05, 4.69) is 22.0 Å². The van der Waals surface area contributed by atoms with Crippen molar-refractivity contribution in [2.45, 2.75) is 27.3 Å². The van der Waals surface area contributed by atoms with E-state index in [9.17, 15) is 9.59 Å². The molecule has 0 saturated heterocycles. The first-order valence-corrected chi connectivity index (χ1v) is 8.80. The number of nitrogens with zero attached hydrogens (tertiary/aromatic N) is 2. The van der Waals surface area contributed by atoms with Gasteiger partial charge in [0.2, 0.25) is 0 Å². The van der Waals surface area contributed by atoms with Crippen LogP contribution in [0.2, 0.25) is 0 Å². The summed E-state index contributed by atoms with van der Waals surface area (Å²) in [6.07, 6.45) is 0. The summed E-state index contributed by atoms with van der Waals surface area (Å²) in [5.41, 5.74) is 3.46. The molecule has 27 heavy (non-hydrogen) atoms. The van der Waals surface area contributed by atoms with Crippen molar-refractivity contribution in [3.05, 3.63) is 64.0 Å². The minimum atomic E-state index is -0.505. The fourth-order valence-corrected chi connectivity index (χ4v) is 3.08. The first kappa shape index (κ1) is 20.6. The van der Waals surface area contributed by atoms with E-state index in [0.29, 0.717) is 34.6 Å². The first-order valence-electron chi connectivity index (χ1n) is 8.80. The SMILES string of the molecule is COC(=O)c1c(C)nc(C)c(C(=O)OCCN(C)Cc2ccccc2)c1C. The molecule has 0 radical (unpaired) electrons. The van der Waals surface area contributed by atoms with Crippen LogP contribution in [0.3, 0.4) is 0 Å². The molecule has 144 valence electrons. The first-order chi connectivity index (χ1) is 12.8. The largest absolute Gasteiger partial charge is 0.465 e. The van der Waals surface area contributed by atoms with Gasteiger partial charge in [-0.05, 0) is 38.9 Å². The van der Waals surface area contributed by atoms with Crippen molar-refractivity contribution in [3.63, 3.8) is 0 Å². The summed E-state index contributed by atoms with van der Waals surface area (Å²) < 4.78 is 10.2. The van der Waals surface area contributed by atoms with E-state index >= 15 is 0 Å². The molecule has 0 fully saturated rings. The summed E-state index contributed by atoms with van der Waals surface area (Å²) in [5.74, 6) is -0.982. The van der Waals surface area contributed by atoms with Gasteiger partial charge in [0.15, 0.2) is 0 Å². The molecule has 1 heterocycles. The smallest absolute Gasteiger partial charge is 0.340 e. The molecule has 6 nitrogen and oxygen atoms in total. The molecule has 0 aliphatic heterocycles. The van der Waals surface area contributed by atoms with Crippen molar-refractivity contribution in [2.75, 3.05) is 27.3 Å². The van der Waals surface area contributed by atoms with Gasteiger partial charge in [-0.15, -0.1) is 0 Å². The lowest BCUT2D eigenvalue weighted by atomic mass is 10.00. The van der Waals surface area contributed by atoms with Crippen molar-refractivity contribution in [3.8, 4) is 0 Å². The summed E-state index contributed by atoms with van der Waals surface area (Å²) in [6.45, 7) is 6.80. The van der Waals surface area contributed by atoms with E-state index in [4.69, 9.17) is 9.47 Å². The maximum atomic E-state index is 12.6. The van der Waals surface area contributed by atoms with Crippen LogP contribution in [-0.4, -0.2) is 49.1 Å². The number of carbonyl (C=O) groups is 2. The number of likely N-dealkylation sites (N-methyl/N-ethyl adjacent to an activating group) is 1. The van der Waals surface area contributed by atoms with Gasteiger partial charge in [0, 0.05) is 13.1 Å². The molecule has 0 bridgehead atoms. The zero-order chi connectivity index (χ0) is 20.0. The second-order valence-corrected chi connectivity index (χ2v) is 6.51. The number of methoxy groups -OCH3 is 1. The van der Waals surface area contributed by atoms with Crippen LogP contribution >= 0.6 is 0 Å². The van der Waals surface area contributed by atoms with Gasteiger partial charge < -0.3 is 9.47 Å². The molecule has 1 aromatic heterocycles. The highest BCUT2D eigenvalue weighted by Gasteiger charge is 2.23. The lowest BCUT2D eigenvalue weighted by Crippen LogP contribution is -2.25. The summed E-state index contributed by atoms with van der Waals surface area (Å²) in [4.78, 5) is 31.0. The molecule has 1 aromatic carbocycles. The quantitative estimate of drug-likeness (QED) is 0.698. The second-order valence-electron chi connectivity index (χ2n) is 6.51. The van der Waals surface area contributed by atoms with Gasteiger partial charge >= 0.3 is 11.9 Å². The van der Waals surface area contributed by atoms with Crippen LogP contribution in [0.15, 0.2) is 30.3 Å². The van der Waals surface area contributed by atoms with E-state index in [1.165, 1.54) is 12.7 Å². The zero-order valence-corrected chi connectivity index (χ0v) is 16.5. The number of hydrogen-bond acceptors (Lipinski definition) is 6. The highest BCUT2D eigenvalue weighted by atomic mass is 16.5. The maximum Gasteiger partial charge on any atom is 0.340 e. The van der Waals surface area contributed by atoms with Gasteiger partial charge in [-0.3, -0.25) is 9.88 Å². The van der Waals surface area contributed by atoms with E-state index in [1.54, 1.807) is 20.8 Å². The van der Waals surface area contributed by atoms with Crippen molar-refractivity contribution in [1.29, 1.82) is 0 Å². The number of aryl methyl sites for hydroxylation is 2. The number of esters is 2. The van der Waals surface area contributed by atoms with Crippen molar-refractivity contribution in [1.82, 2.24) is 9.88 Å². The molecule has 0 amide bonds. The summed E-state index contributed by atoms with van der Waals surface area (Å²) in [6, 6.07) is 10.1. The molecular formula is C21H26N2O4. The minimum Gasteiger partial charge on any atom is -0.465 e. The number of aromatic nitrogens is 1.